The Morgan fingerprint density at radius 2 is 1.84 bits per heavy atom. The Balaban J connectivity index is 2.46. The first kappa shape index (κ1) is 15.2. The van der Waals surface area contributed by atoms with E-state index < -0.39 is 0 Å². The molecule has 0 aliphatic carbocycles. The van der Waals surface area contributed by atoms with Crippen molar-refractivity contribution in [3.8, 4) is 11.8 Å². The van der Waals surface area contributed by atoms with Crippen LogP contribution in [-0.4, -0.2) is 6.29 Å². The lowest BCUT2D eigenvalue weighted by Crippen LogP contribution is -2.10. The van der Waals surface area contributed by atoms with Crippen LogP contribution in [-0.2, 0) is 10.2 Å². The van der Waals surface area contributed by atoms with E-state index in [0.29, 0.717) is 0 Å². The Morgan fingerprint density at radius 3 is 2.42 bits per heavy atom. The van der Waals surface area contributed by atoms with Crippen molar-refractivity contribution < 1.29 is 4.79 Å². The molecule has 1 heteroatoms. The normalized spacial score (nSPS) is 11.1. The van der Waals surface area contributed by atoms with E-state index in [9.17, 15) is 4.79 Å². The highest BCUT2D eigenvalue weighted by atomic mass is 16.1. The molecular weight excluding hydrogens is 232 g/mol. The SMILES string of the molecule is CC(C)(C)c1ccc(C#CCCC/C=C/C=O)cc1. The van der Waals surface area contributed by atoms with Gasteiger partial charge in [0.25, 0.3) is 0 Å². The van der Waals surface area contributed by atoms with Crippen molar-refractivity contribution in [3.63, 3.8) is 0 Å². The molecule has 0 aliphatic rings. The van der Waals surface area contributed by atoms with Crippen molar-refractivity contribution in [1.82, 2.24) is 0 Å². The molecular formula is C18H22O. The molecule has 0 radical (unpaired) electrons. The Labute approximate surface area is 116 Å². The fourth-order valence-electron chi connectivity index (χ4n) is 1.68. The lowest BCUT2D eigenvalue weighted by atomic mass is 9.87. The minimum Gasteiger partial charge on any atom is -0.299 e. The van der Waals surface area contributed by atoms with E-state index in [0.717, 1.165) is 31.1 Å². The van der Waals surface area contributed by atoms with Crippen LogP contribution in [0.2, 0.25) is 0 Å². The lowest BCUT2D eigenvalue weighted by molar-refractivity contribution is -0.104. The van der Waals surface area contributed by atoms with Gasteiger partial charge in [0.2, 0.25) is 0 Å². The average molecular weight is 254 g/mol. The van der Waals surface area contributed by atoms with Gasteiger partial charge in [0.05, 0.1) is 0 Å². The van der Waals surface area contributed by atoms with Gasteiger partial charge in [0.1, 0.15) is 6.29 Å². The van der Waals surface area contributed by atoms with Crippen LogP contribution in [0.15, 0.2) is 36.4 Å². The largest absolute Gasteiger partial charge is 0.299 e. The summed E-state index contributed by atoms with van der Waals surface area (Å²) in [4.78, 5) is 10.1. The molecule has 0 unspecified atom stereocenters. The zero-order valence-electron chi connectivity index (χ0n) is 12.1. The topological polar surface area (TPSA) is 17.1 Å². The Bertz CT molecular complexity index is 475. The summed E-state index contributed by atoms with van der Waals surface area (Å²) in [6.45, 7) is 6.63. The molecule has 0 spiro atoms. The second-order valence-electron chi connectivity index (χ2n) is 5.59. The maximum atomic E-state index is 10.1. The van der Waals surface area contributed by atoms with Crippen LogP contribution >= 0.6 is 0 Å². The number of carbonyl (C=O) groups is 1. The molecule has 0 fully saturated rings. The molecule has 0 aromatic heterocycles. The number of unbranched alkanes of at least 4 members (excludes halogenated alkanes) is 2. The van der Waals surface area contributed by atoms with E-state index >= 15 is 0 Å². The van der Waals surface area contributed by atoms with Gasteiger partial charge in [-0.3, -0.25) is 4.79 Å². The molecule has 0 heterocycles. The van der Waals surface area contributed by atoms with Gasteiger partial charge in [-0.1, -0.05) is 50.8 Å². The van der Waals surface area contributed by atoms with Crippen molar-refractivity contribution in [1.29, 1.82) is 0 Å². The number of hydrogen-bond donors (Lipinski definition) is 0. The zero-order valence-corrected chi connectivity index (χ0v) is 12.1. The number of allylic oxidation sites excluding steroid dienone is 2. The Kier molecular flexibility index (Phi) is 6.09. The summed E-state index contributed by atoms with van der Waals surface area (Å²) >= 11 is 0. The van der Waals surface area contributed by atoms with Gasteiger partial charge in [0, 0.05) is 12.0 Å². The van der Waals surface area contributed by atoms with E-state index in [1.807, 2.05) is 6.08 Å². The summed E-state index contributed by atoms with van der Waals surface area (Å²) in [5.41, 5.74) is 2.59. The molecule has 1 nitrogen and oxygen atoms in total. The third kappa shape index (κ3) is 6.06. The van der Waals surface area contributed by atoms with E-state index in [1.54, 1.807) is 6.08 Å². The number of benzene rings is 1. The highest BCUT2D eigenvalue weighted by Crippen LogP contribution is 2.21. The highest BCUT2D eigenvalue weighted by molar-refractivity contribution is 5.64. The summed E-state index contributed by atoms with van der Waals surface area (Å²) in [6.07, 6.45) is 7.01. The van der Waals surface area contributed by atoms with E-state index in [4.69, 9.17) is 0 Å². The number of aldehydes is 1. The van der Waals surface area contributed by atoms with Crippen LogP contribution in [0.3, 0.4) is 0 Å². The molecule has 0 bridgehead atoms. The summed E-state index contributed by atoms with van der Waals surface area (Å²) in [5.74, 6) is 6.34. The summed E-state index contributed by atoms with van der Waals surface area (Å²) in [6, 6.07) is 8.47. The molecule has 100 valence electrons. The fourth-order valence-corrected chi connectivity index (χ4v) is 1.68. The first-order valence-electron chi connectivity index (χ1n) is 6.74. The lowest BCUT2D eigenvalue weighted by Gasteiger charge is -2.18. The van der Waals surface area contributed by atoms with Crippen molar-refractivity contribution >= 4 is 6.29 Å². The number of carbonyl (C=O) groups excluding carboxylic acids is 1. The molecule has 1 aromatic rings. The third-order valence-corrected chi connectivity index (χ3v) is 2.87. The quantitative estimate of drug-likeness (QED) is 0.339. The fraction of sp³-hybridized carbons (Fsp3) is 0.389. The van der Waals surface area contributed by atoms with Crippen LogP contribution < -0.4 is 0 Å². The standard InChI is InChI=1S/C18H22O/c1-18(2,3)17-13-11-16(12-14-17)10-8-6-4-5-7-9-15-19/h7,9,11-15H,4-6H2,1-3H3/b9-7+. The van der Waals surface area contributed by atoms with E-state index in [1.165, 1.54) is 5.56 Å². The molecule has 0 atom stereocenters. The minimum absolute atomic E-state index is 0.191. The van der Waals surface area contributed by atoms with Gasteiger partial charge in [-0.15, -0.1) is 0 Å². The molecule has 0 N–H and O–H groups in total. The predicted octanol–water partition coefficient (Wildman–Crippen LogP) is 4.26. The van der Waals surface area contributed by atoms with Crippen LogP contribution in [0.4, 0.5) is 0 Å². The maximum Gasteiger partial charge on any atom is 0.142 e. The highest BCUT2D eigenvalue weighted by Gasteiger charge is 2.12. The van der Waals surface area contributed by atoms with Gasteiger partial charge >= 0.3 is 0 Å². The maximum absolute atomic E-state index is 10.1. The van der Waals surface area contributed by atoms with Crippen LogP contribution in [0.5, 0.6) is 0 Å². The molecule has 0 aliphatic heterocycles. The predicted molar refractivity (Wildman–Crippen MR) is 81.1 cm³/mol. The van der Waals surface area contributed by atoms with E-state index in [-0.39, 0.29) is 5.41 Å². The molecule has 0 saturated heterocycles. The van der Waals surface area contributed by atoms with Crippen molar-refractivity contribution in [3.05, 3.63) is 47.5 Å². The second kappa shape index (κ2) is 7.59. The molecule has 19 heavy (non-hydrogen) atoms. The molecule has 1 rings (SSSR count). The Morgan fingerprint density at radius 1 is 1.16 bits per heavy atom. The number of rotatable bonds is 4. The van der Waals surface area contributed by atoms with Gasteiger partial charge in [0.15, 0.2) is 0 Å². The Hall–Kier alpha value is -1.81. The van der Waals surface area contributed by atoms with E-state index in [2.05, 4.69) is 56.9 Å². The van der Waals surface area contributed by atoms with Gasteiger partial charge in [-0.25, -0.2) is 0 Å². The number of hydrogen-bond acceptors (Lipinski definition) is 1. The van der Waals surface area contributed by atoms with Gasteiger partial charge < -0.3 is 0 Å². The summed E-state index contributed by atoms with van der Waals surface area (Å²) in [5, 5.41) is 0. The van der Waals surface area contributed by atoms with Crippen molar-refractivity contribution in [2.24, 2.45) is 0 Å². The van der Waals surface area contributed by atoms with Crippen LogP contribution in [0, 0.1) is 11.8 Å². The summed E-state index contributed by atoms with van der Waals surface area (Å²) < 4.78 is 0. The monoisotopic (exact) mass is 254 g/mol. The van der Waals surface area contributed by atoms with Crippen molar-refractivity contribution in [2.45, 2.75) is 45.4 Å². The third-order valence-electron chi connectivity index (χ3n) is 2.87. The van der Waals surface area contributed by atoms with Crippen LogP contribution in [0.1, 0.15) is 51.2 Å². The van der Waals surface area contributed by atoms with Crippen LogP contribution in [0.25, 0.3) is 0 Å². The van der Waals surface area contributed by atoms with Gasteiger partial charge in [-0.2, -0.15) is 0 Å². The van der Waals surface area contributed by atoms with Crippen molar-refractivity contribution in [2.75, 3.05) is 0 Å². The molecule has 1 aromatic carbocycles. The first-order chi connectivity index (χ1) is 9.04. The zero-order chi connectivity index (χ0) is 14.1. The smallest absolute Gasteiger partial charge is 0.142 e. The minimum atomic E-state index is 0.191. The second-order valence-corrected chi connectivity index (χ2v) is 5.59. The summed E-state index contributed by atoms with van der Waals surface area (Å²) in [7, 11) is 0. The first-order valence-corrected chi connectivity index (χ1v) is 6.74. The molecule has 0 amide bonds. The molecule has 0 saturated carbocycles. The average Bonchev–Trinajstić information content (AvgIpc) is 2.37. The van der Waals surface area contributed by atoms with Gasteiger partial charge in [-0.05, 0) is 42.0 Å².